The van der Waals surface area contributed by atoms with Crippen LogP contribution in [0.1, 0.15) is 12.8 Å². The molecule has 2 aromatic rings. The van der Waals surface area contributed by atoms with Crippen LogP contribution in [-0.4, -0.2) is 34.2 Å². The predicted molar refractivity (Wildman–Crippen MR) is 110 cm³/mol. The second-order valence-electron chi connectivity index (χ2n) is 5.82. The van der Waals surface area contributed by atoms with Crippen LogP contribution in [0.3, 0.4) is 0 Å². The first-order valence-corrected chi connectivity index (χ1v) is 10.7. The molecule has 0 aliphatic rings. The van der Waals surface area contributed by atoms with Gasteiger partial charge in [0.2, 0.25) is 15.9 Å². The van der Waals surface area contributed by atoms with Crippen molar-refractivity contribution in [2.24, 2.45) is 0 Å². The molecule has 0 atom stereocenters. The molecule has 0 saturated carbocycles. The van der Waals surface area contributed by atoms with E-state index in [1.165, 1.54) is 11.4 Å². The number of carbonyl (C=O) groups is 1. The number of hydrogen-bond donors (Lipinski definition) is 1. The highest BCUT2D eigenvalue weighted by atomic mass is 35.5. The number of methoxy groups -OCH3 is 1. The van der Waals surface area contributed by atoms with E-state index in [4.69, 9.17) is 27.9 Å². The van der Waals surface area contributed by atoms with Crippen molar-refractivity contribution in [3.05, 3.63) is 52.5 Å². The van der Waals surface area contributed by atoms with E-state index in [-0.39, 0.29) is 18.9 Å². The van der Waals surface area contributed by atoms with Crippen molar-refractivity contribution in [1.82, 2.24) is 0 Å². The van der Waals surface area contributed by atoms with Gasteiger partial charge >= 0.3 is 0 Å². The Morgan fingerprint density at radius 2 is 1.93 bits per heavy atom. The van der Waals surface area contributed by atoms with E-state index in [2.05, 4.69) is 5.32 Å². The molecule has 9 heteroatoms. The maximum Gasteiger partial charge on any atom is 0.232 e. The van der Waals surface area contributed by atoms with Crippen LogP contribution in [0.4, 0.5) is 11.4 Å². The summed E-state index contributed by atoms with van der Waals surface area (Å²) in [6.07, 6.45) is 1.61. The number of ether oxygens (including phenoxy) is 1. The third kappa shape index (κ3) is 6.30. The lowest BCUT2D eigenvalue weighted by molar-refractivity contribution is -0.116. The second-order valence-corrected chi connectivity index (χ2v) is 8.57. The van der Waals surface area contributed by atoms with Gasteiger partial charge in [-0.3, -0.25) is 9.10 Å². The van der Waals surface area contributed by atoms with E-state index in [0.717, 1.165) is 6.26 Å². The zero-order chi connectivity index (χ0) is 20.0. The van der Waals surface area contributed by atoms with Gasteiger partial charge in [-0.2, -0.15) is 0 Å². The average Bonchev–Trinajstić information content (AvgIpc) is 2.57. The summed E-state index contributed by atoms with van der Waals surface area (Å²) in [5.41, 5.74) is 1.01. The molecule has 27 heavy (non-hydrogen) atoms. The summed E-state index contributed by atoms with van der Waals surface area (Å²) in [4.78, 5) is 12.1. The third-order valence-corrected chi connectivity index (χ3v) is 5.42. The van der Waals surface area contributed by atoms with Gasteiger partial charge < -0.3 is 10.1 Å². The molecule has 0 radical (unpaired) electrons. The molecular weight excluding hydrogens is 411 g/mol. The highest BCUT2D eigenvalue weighted by Crippen LogP contribution is 2.27. The number of amides is 1. The van der Waals surface area contributed by atoms with Gasteiger partial charge in [-0.25, -0.2) is 8.42 Å². The van der Waals surface area contributed by atoms with Crippen molar-refractivity contribution in [2.45, 2.75) is 12.8 Å². The number of halogens is 2. The molecular formula is C18H20Cl2N2O4S. The monoisotopic (exact) mass is 430 g/mol. The van der Waals surface area contributed by atoms with Crippen molar-refractivity contribution in [3.8, 4) is 5.75 Å². The predicted octanol–water partition coefficient (Wildman–Crippen LogP) is 4.19. The SMILES string of the molecule is COc1ccc(NC(=O)CCCN(c2cccc(Cl)c2)S(C)(=O)=O)cc1Cl. The maximum atomic E-state index is 12.1. The van der Waals surface area contributed by atoms with Crippen LogP contribution in [0, 0.1) is 0 Å². The number of benzene rings is 2. The minimum atomic E-state index is -3.49. The van der Waals surface area contributed by atoms with E-state index >= 15 is 0 Å². The lowest BCUT2D eigenvalue weighted by Crippen LogP contribution is -2.31. The fourth-order valence-electron chi connectivity index (χ4n) is 2.47. The zero-order valence-electron chi connectivity index (χ0n) is 14.9. The first kappa shape index (κ1) is 21.3. The van der Waals surface area contributed by atoms with E-state index in [0.29, 0.717) is 33.6 Å². The number of hydrogen-bond acceptors (Lipinski definition) is 4. The number of nitrogens with one attached hydrogen (secondary N) is 1. The van der Waals surface area contributed by atoms with Crippen molar-refractivity contribution in [3.63, 3.8) is 0 Å². The normalized spacial score (nSPS) is 11.1. The summed E-state index contributed by atoms with van der Waals surface area (Å²) >= 11 is 12.0. The van der Waals surface area contributed by atoms with Crippen LogP contribution >= 0.6 is 23.2 Å². The molecule has 0 heterocycles. The topological polar surface area (TPSA) is 75.7 Å². The summed E-state index contributed by atoms with van der Waals surface area (Å²) in [6, 6.07) is 11.5. The zero-order valence-corrected chi connectivity index (χ0v) is 17.2. The number of carbonyl (C=O) groups excluding carboxylic acids is 1. The van der Waals surface area contributed by atoms with Crippen LogP contribution < -0.4 is 14.4 Å². The van der Waals surface area contributed by atoms with Gasteiger partial charge in [0.1, 0.15) is 5.75 Å². The van der Waals surface area contributed by atoms with Crippen molar-refractivity contribution < 1.29 is 17.9 Å². The maximum absolute atomic E-state index is 12.1. The van der Waals surface area contributed by atoms with Crippen LogP contribution in [-0.2, 0) is 14.8 Å². The molecule has 0 unspecified atom stereocenters. The Morgan fingerprint density at radius 1 is 1.19 bits per heavy atom. The molecule has 146 valence electrons. The van der Waals surface area contributed by atoms with Gasteiger partial charge in [-0.05, 0) is 42.8 Å². The van der Waals surface area contributed by atoms with Crippen molar-refractivity contribution in [1.29, 1.82) is 0 Å². The Bertz CT molecular complexity index is 919. The van der Waals surface area contributed by atoms with Gasteiger partial charge in [-0.15, -0.1) is 0 Å². The van der Waals surface area contributed by atoms with E-state index in [1.807, 2.05) is 0 Å². The lowest BCUT2D eigenvalue weighted by Gasteiger charge is -2.22. The number of nitrogens with zero attached hydrogens (tertiary/aromatic N) is 1. The van der Waals surface area contributed by atoms with Gasteiger partial charge in [0.15, 0.2) is 0 Å². The molecule has 1 amide bonds. The molecule has 0 aromatic heterocycles. The summed E-state index contributed by atoms with van der Waals surface area (Å²) in [6.45, 7) is 0.163. The summed E-state index contributed by atoms with van der Waals surface area (Å²) in [5, 5.41) is 3.56. The Kier molecular flexibility index (Phi) is 7.35. The fraction of sp³-hybridized carbons (Fsp3) is 0.278. The smallest absolute Gasteiger partial charge is 0.232 e. The van der Waals surface area contributed by atoms with E-state index in [9.17, 15) is 13.2 Å². The molecule has 2 aromatic carbocycles. The Labute approximate surface area is 169 Å². The summed E-state index contributed by atoms with van der Waals surface area (Å²) < 4.78 is 30.4. The van der Waals surface area contributed by atoms with E-state index < -0.39 is 10.0 Å². The van der Waals surface area contributed by atoms with Gasteiger partial charge in [0.05, 0.1) is 24.1 Å². The molecule has 0 aliphatic heterocycles. The highest BCUT2D eigenvalue weighted by molar-refractivity contribution is 7.92. The summed E-state index contributed by atoms with van der Waals surface area (Å²) in [7, 11) is -1.99. The molecule has 0 bridgehead atoms. The minimum Gasteiger partial charge on any atom is -0.495 e. The minimum absolute atomic E-state index is 0.149. The Morgan fingerprint density at radius 3 is 2.52 bits per heavy atom. The molecule has 2 rings (SSSR count). The summed E-state index contributed by atoms with van der Waals surface area (Å²) in [5.74, 6) is 0.274. The molecule has 1 N–H and O–H groups in total. The standard InChI is InChI=1S/C18H20Cl2N2O4S/c1-26-17-9-8-14(12-16(17)20)21-18(23)7-4-10-22(27(2,24)25)15-6-3-5-13(19)11-15/h3,5-6,8-9,11-12H,4,7,10H2,1-2H3,(H,21,23). The lowest BCUT2D eigenvalue weighted by atomic mass is 10.2. The van der Waals surface area contributed by atoms with Gasteiger partial charge in [0, 0.05) is 23.7 Å². The fourth-order valence-corrected chi connectivity index (χ4v) is 3.87. The quantitative estimate of drug-likeness (QED) is 0.680. The molecule has 0 saturated heterocycles. The van der Waals surface area contributed by atoms with Crippen LogP contribution in [0.5, 0.6) is 5.75 Å². The number of anilines is 2. The molecule has 0 aliphatic carbocycles. The molecule has 0 spiro atoms. The van der Waals surface area contributed by atoms with Crippen LogP contribution in [0.2, 0.25) is 10.0 Å². The van der Waals surface area contributed by atoms with Gasteiger partial charge in [0.25, 0.3) is 0 Å². The average molecular weight is 431 g/mol. The third-order valence-electron chi connectivity index (χ3n) is 3.70. The largest absolute Gasteiger partial charge is 0.495 e. The first-order valence-electron chi connectivity index (χ1n) is 8.07. The second kappa shape index (κ2) is 9.30. The van der Waals surface area contributed by atoms with Crippen LogP contribution in [0.15, 0.2) is 42.5 Å². The first-order chi connectivity index (χ1) is 12.7. The van der Waals surface area contributed by atoms with E-state index in [1.54, 1.807) is 42.5 Å². The highest BCUT2D eigenvalue weighted by Gasteiger charge is 2.18. The Balaban J connectivity index is 1.96. The number of sulfonamides is 1. The van der Waals surface area contributed by atoms with Crippen molar-refractivity contribution in [2.75, 3.05) is 29.5 Å². The Hall–Kier alpha value is -1.96. The molecule has 6 nitrogen and oxygen atoms in total. The van der Waals surface area contributed by atoms with Crippen molar-refractivity contribution >= 4 is 50.5 Å². The van der Waals surface area contributed by atoms with Gasteiger partial charge in [-0.1, -0.05) is 29.3 Å². The number of rotatable bonds is 8. The molecule has 0 fully saturated rings. The van der Waals surface area contributed by atoms with Crippen LogP contribution in [0.25, 0.3) is 0 Å².